The van der Waals surface area contributed by atoms with Crippen LogP contribution < -0.4 is 30.2 Å². The third kappa shape index (κ3) is 9.14. The minimum Gasteiger partial charge on any atom is -0.493 e. The highest BCUT2D eigenvalue weighted by Crippen LogP contribution is 2.30. The Morgan fingerprint density at radius 1 is 0.800 bits per heavy atom. The number of para-hydroxylation sites is 2. The lowest BCUT2D eigenvalue weighted by atomic mass is 10.1. The quantitative estimate of drug-likeness (QED) is 0.113. The zero-order valence-corrected chi connectivity index (χ0v) is 26.3. The molecule has 0 aliphatic heterocycles. The summed E-state index contributed by atoms with van der Waals surface area (Å²) < 4.78 is 16.3. The molecular formula is C35H35N3O6S. The van der Waals surface area contributed by atoms with Crippen LogP contribution in [0.3, 0.4) is 0 Å². The summed E-state index contributed by atoms with van der Waals surface area (Å²) in [6, 6.07) is 28.2. The summed E-state index contributed by atoms with van der Waals surface area (Å²) in [5, 5.41) is 8.10. The van der Waals surface area contributed by atoms with Crippen LogP contribution in [-0.2, 0) is 9.59 Å². The molecular weight excluding hydrogens is 590 g/mol. The first-order valence-electron chi connectivity index (χ1n) is 14.2. The van der Waals surface area contributed by atoms with E-state index in [1.54, 1.807) is 72.8 Å². The molecule has 0 fully saturated rings. The van der Waals surface area contributed by atoms with Crippen molar-refractivity contribution in [3.8, 4) is 17.2 Å². The fraction of sp³-hybridized carbons (Fsp3) is 0.171. The molecule has 0 aromatic heterocycles. The van der Waals surface area contributed by atoms with Crippen molar-refractivity contribution in [3.63, 3.8) is 0 Å². The third-order valence-electron chi connectivity index (χ3n) is 6.49. The van der Waals surface area contributed by atoms with E-state index < -0.39 is 17.1 Å². The number of thioether (sulfide) groups is 1. The van der Waals surface area contributed by atoms with E-state index in [9.17, 15) is 14.4 Å². The summed E-state index contributed by atoms with van der Waals surface area (Å²) >= 11 is 1.38. The highest BCUT2D eigenvalue weighted by molar-refractivity contribution is 8.00. The minimum absolute atomic E-state index is 0.0344. The molecule has 0 saturated carbocycles. The fourth-order valence-electron chi connectivity index (χ4n) is 4.21. The molecule has 0 bridgehead atoms. The molecule has 1 unspecified atom stereocenters. The van der Waals surface area contributed by atoms with Gasteiger partial charge >= 0.3 is 0 Å². The number of carbonyl (C=O) groups is 3. The first-order valence-corrected chi connectivity index (χ1v) is 15.1. The second kappa shape index (κ2) is 16.0. The van der Waals surface area contributed by atoms with Crippen LogP contribution in [0.15, 0.2) is 108 Å². The van der Waals surface area contributed by atoms with E-state index in [0.29, 0.717) is 46.4 Å². The van der Waals surface area contributed by atoms with Crippen molar-refractivity contribution >= 4 is 46.9 Å². The number of nitrogens with one attached hydrogen (secondary N) is 3. The number of methoxy groups -OCH3 is 2. The zero-order chi connectivity index (χ0) is 32.2. The highest BCUT2D eigenvalue weighted by atomic mass is 32.2. The molecule has 4 aromatic carbocycles. The van der Waals surface area contributed by atoms with E-state index in [1.165, 1.54) is 26.0 Å². The number of rotatable bonds is 13. The third-order valence-corrected chi connectivity index (χ3v) is 7.60. The summed E-state index contributed by atoms with van der Waals surface area (Å²) in [7, 11) is 3.06. The lowest BCUT2D eigenvalue weighted by molar-refractivity contribution is -0.115. The van der Waals surface area contributed by atoms with Gasteiger partial charge in [0, 0.05) is 16.1 Å². The molecule has 0 spiro atoms. The van der Waals surface area contributed by atoms with Crippen LogP contribution >= 0.6 is 11.8 Å². The average molecular weight is 626 g/mol. The van der Waals surface area contributed by atoms with Gasteiger partial charge in [0.25, 0.3) is 11.8 Å². The molecule has 232 valence electrons. The second-order valence-electron chi connectivity index (χ2n) is 9.65. The van der Waals surface area contributed by atoms with Crippen LogP contribution in [-0.4, -0.2) is 43.8 Å². The molecule has 4 rings (SSSR count). The number of amides is 3. The maximum atomic E-state index is 13.4. The largest absolute Gasteiger partial charge is 0.493 e. The predicted molar refractivity (Wildman–Crippen MR) is 178 cm³/mol. The van der Waals surface area contributed by atoms with Crippen LogP contribution in [0.1, 0.15) is 29.8 Å². The van der Waals surface area contributed by atoms with E-state index in [0.717, 1.165) is 4.90 Å². The summed E-state index contributed by atoms with van der Waals surface area (Å²) in [5.41, 5.74) is 2.19. The van der Waals surface area contributed by atoms with Gasteiger partial charge in [0.1, 0.15) is 11.4 Å². The van der Waals surface area contributed by atoms with Gasteiger partial charge in [-0.05, 0) is 86.2 Å². The van der Waals surface area contributed by atoms with Crippen LogP contribution in [0.25, 0.3) is 6.08 Å². The van der Waals surface area contributed by atoms with Crippen LogP contribution in [0.4, 0.5) is 11.4 Å². The lowest BCUT2D eigenvalue weighted by Gasteiger charge is -2.15. The van der Waals surface area contributed by atoms with Gasteiger partial charge in [-0.25, -0.2) is 0 Å². The first kappa shape index (κ1) is 32.7. The van der Waals surface area contributed by atoms with E-state index in [2.05, 4.69) is 16.0 Å². The number of anilines is 2. The second-order valence-corrected chi connectivity index (χ2v) is 11.1. The summed E-state index contributed by atoms with van der Waals surface area (Å²) in [5.74, 6) is 0.522. The topological polar surface area (TPSA) is 115 Å². The molecule has 0 heterocycles. The van der Waals surface area contributed by atoms with Crippen molar-refractivity contribution in [1.82, 2.24) is 5.32 Å². The number of benzene rings is 4. The zero-order valence-electron chi connectivity index (χ0n) is 25.5. The Kier molecular flexibility index (Phi) is 11.6. The van der Waals surface area contributed by atoms with Gasteiger partial charge in [0.2, 0.25) is 5.91 Å². The van der Waals surface area contributed by atoms with Crippen molar-refractivity contribution < 1.29 is 28.6 Å². The Labute approximate surface area is 267 Å². The maximum absolute atomic E-state index is 13.4. The molecule has 0 aliphatic carbocycles. The molecule has 4 aromatic rings. The van der Waals surface area contributed by atoms with Crippen molar-refractivity contribution in [2.24, 2.45) is 0 Å². The fourth-order valence-corrected chi connectivity index (χ4v) is 5.08. The Morgan fingerprint density at radius 3 is 2.18 bits per heavy atom. The van der Waals surface area contributed by atoms with Gasteiger partial charge in [0.15, 0.2) is 11.5 Å². The van der Waals surface area contributed by atoms with Crippen molar-refractivity contribution in [2.45, 2.75) is 24.0 Å². The Balaban J connectivity index is 1.46. The number of hydrogen-bond acceptors (Lipinski definition) is 7. The van der Waals surface area contributed by atoms with Crippen molar-refractivity contribution in [3.05, 3.63) is 114 Å². The van der Waals surface area contributed by atoms with E-state index in [-0.39, 0.29) is 11.6 Å². The predicted octanol–water partition coefficient (Wildman–Crippen LogP) is 6.63. The van der Waals surface area contributed by atoms with Gasteiger partial charge in [-0.1, -0.05) is 36.4 Å². The SMILES string of the molecule is CCOc1ccccc1NC(=O)C(C)Sc1ccc(NC(=O)/C(=C/c2ccc(OC)c(OC)c2)NC(=O)c2ccccc2)cc1. The molecule has 3 N–H and O–H groups in total. The smallest absolute Gasteiger partial charge is 0.272 e. The van der Waals surface area contributed by atoms with Crippen LogP contribution in [0, 0.1) is 0 Å². The lowest BCUT2D eigenvalue weighted by Crippen LogP contribution is -2.30. The van der Waals surface area contributed by atoms with Gasteiger partial charge in [-0.2, -0.15) is 0 Å². The maximum Gasteiger partial charge on any atom is 0.272 e. The van der Waals surface area contributed by atoms with Crippen LogP contribution in [0.5, 0.6) is 17.2 Å². The van der Waals surface area contributed by atoms with Gasteiger partial charge in [0.05, 0.1) is 31.8 Å². The molecule has 0 radical (unpaired) electrons. The minimum atomic E-state index is -0.518. The molecule has 3 amide bonds. The number of hydrogen-bond donors (Lipinski definition) is 3. The monoisotopic (exact) mass is 625 g/mol. The first-order chi connectivity index (χ1) is 21.8. The molecule has 0 saturated heterocycles. The summed E-state index contributed by atoms with van der Waals surface area (Å²) in [6.45, 7) is 4.20. The highest BCUT2D eigenvalue weighted by Gasteiger charge is 2.18. The molecule has 45 heavy (non-hydrogen) atoms. The van der Waals surface area contributed by atoms with E-state index in [1.807, 2.05) is 44.2 Å². The summed E-state index contributed by atoms with van der Waals surface area (Å²) in [6.07, 6.45) is 1.56. The molecule has 1 atom stereocenters. The molecule has 0 aliphatic rings. The van der Waals surface area contributed by atoms with Gasteiger partial charge in [-0.3, -0.25) is 14.4 Å². The van der Waals surface area contributed by atoms with E-state index >= 15 is 0 Å². The molecule has 10 heteroatoms. The van der Waals surface area contributed by atoms with Gasteiger partial charge < -0.3 is 30.2 Å². The Bertz CT molecular complexity index is 1660. The van der Waals surface area contributed by atoms with Crippen LogP contribution in [0.2, 0.25) is 0 Å². The Morgan fingerprint density at radius 2 is 1.49 bits per heavy atom. The Hall–Kier alpha value is -5.22. The normalized spacial score (nSPS) is 11.6. The number of ether oxygens (including phenoxy) is 3. The van der Waals surface area contributed by atoms with E-state index in [4.69, 9.17) is 14.2 Å². The number of carbonyl (C=O) groups excluding carboxylic acids is 3. The van der Waals surface area contributed by atoms with Crippen molar-refractivity contribution in [2.75, 3.05) is 31.5 Å². The molecule has 9 nitrogen and oxygen atoms in total. The standard InChI is InChI=1S/C35H35N3O6S/c1-5-44-30-14-10-9-13-28(30)37-33(39)23(2)45-27-18-16-26(17-19-27)36-35(41)29(38-34(40)25-11-7-6-8-12-25)21-24-15-20-31(42-3)32(22-24)43-4/h6-23H,5H2,1-4H3,(H,36,41)(H,37,39)(H,38,40)/b29-21-. The summed E-state index contributed by atoms with van der Waals surface area (Å²) in [4.78, 5) is 40.1. The average Bonchev–Trinajstić information content (AvgIpc) is 3.06. The van der Waals surface area contributed by atoms with Gasteiger partial charge in [-0.15, -0.1) is 11.8 Å². The van der Waals surface area contributed by atoms with Crippen molar-refractivity contribution in [1.29, 1.82) is 0 Å².